The Morgan fingerprint density at radius 1 is 1.67 bits per heavy atom. The minimum absolute atomic E-state index is 0.178. The summed E-state index contributed by atoms with van der Waals surface area (Å²) in [7, 11) is 0. The summed E-state index contributed by atoms with van der Waals surface area (Å²) in [5.41, 5.74) is 4.40. The monoisotopic (exact) mass is 175 g/mol. The highest BCUT2D eigenvalue weighted by atomic mass is 16.7. The fourth-order valence-electron chi connectivity index (χ4n) is 1.12. The zero-order valence-electron chi connectivity index (χ0n) is 7.83. The fourth-order valence-corrected chi connectivity index (χ4v) is 1.12. The molecule has 0 radical (unpaired) electrons. The molecule has 0 aromatic heterocycles. The highest BCUT2D eigenvalue weighted by molar-refractivity contribution is 4.88. The molecule has 2 unspecified atom stereocenters. The number of hydrogen-bond donors (Lipinski definition) is 2. The molecule has 4 heteroatoms. The Balaban J connectivity index is 2.58. The van der Waals surface area contributed by atoms with Crippen LogP contribution in [0.1, 0.15) is 20.8 Å². The minimum Gasteiger partial charge on any atom is -0.386 e. The van der Waals surface area contributed by atoms with Crippen molar-refractivity contribution in [2.45, 2.75) is 38.3 Å². The summed E-state index contributed by atoms with van der Waals surface area (Å²) in [6.45, 7) is 5.87. The molecule has 0 aromatic carbocycles. The summed E-state index contributed by atoms with van der Waals surface area (Å²) in [5, 5.41) is 9.73. The van der Waals surface area contributed by atoms with E-state index in [1.54, 1.807) is 6.92 Å². The molecular weight excluding hydrogens is 158 g/mol. The molecule has 12 heavy (non-hydrogen) atoms. The number of rotatable bonds is 2. The Morgan fingerprint density at radius 3 is 2.58 bits per heavy atom. The van der Waals surface area contributed by atoms with E-state index in [0.717, 1.165) is 0 Å². The molecular formula is C8H17NO3. The van der Waals surface area contributed by atoms with Gasteiger partial charge in [-0.25, -0.2) is 0 Å². The molecule has 1 saturated heterocycles. The standard InChI is InChI=1S/C8H17NO3/c1-7(2)11-4-6(12-7)8(3,10)5-9/h6,10H,4-5,9H2,1-3H3. The van der Waals surface area contributed by atoms with Gasteiger partial charge in [-0.05, 0) is 20.8 Å². The van der Waals surface area contributed by atoms with Crippen molar-refractivity contribution in [1.82, 2.24) is 0 Å². The zero-order chi connectivity index (χ0) is 9.41. The van der Waals surface area contributed by atoms with E-state index in [1.165, 1.54) is 0 Å². The summed E-state index contributed by atoms with van der Waals surface area (Å²) in [5.74, 6) is -0.593. The van der Waals surface area contributed by atoms with Crippen LogP contribution in [-0.2, 0) is 9.47 Å². The maximum Gasteiger partial charge on any atom is 0.163 e. The van der Waals surface area contributed by atoms with Crippen molar-refractivity contribution in [3.63, 3.8) is 0 Å². The Hall–Kier alpha value is -0.160. The topological polar surface area (TPSA) is 64.7 Å². The second-order valence-electron chi connectivity index (χ2n) is 3.88. The third-order valence-corrected chi connectivity index (χ3v) is 2.12. The van der Waals surface area contributed by atoms with Crippen molar-refractivity contribution in [1.29, 1.82) is 0 Å². The van der Waals surface area contributed by atoms with Crippen LogP contribution in [0.4, 0.5) is 0 Å². The van der Waals surface area contributed by atoms with Crippen molar-refractivity contribution < 1.29 is 14.6 Å². The van der Waals surface area contributed by atoms with Gasteiger partial charge in [-0.3, -0.25) is 0 Å². The first kappa shape index (κ1) is 9.92. The average Bonchev–Trinajstić information content (AvgIpc) is 2.31. The van der Waals surface area contributed by atoms with Crippen LogP contribution in [0.2, 0.25) is 0 Å². The normalized spacial score (nSPS) is 33.2. The van der Waals surface area contributed by atoms with Gasteiger partial charge in [0.15, 0.2) is 5.79 Å². The summed E-state index contributed by atoms with van der Waals surface area (Å²) < 4.78 is 10.8. The molecule has 0 aliphatic carbocycles. The SMILES string of the molecule is CC1(C)OCC(C(C)(O)CN)O1. The van der Waals surface area contributed by atoms with Crippen LogP contribution in [0.15, 0.2) is 0 Å². The predicted octanol–water partition coefficient (Wildman–Crippen LogP) is -0.152. The van der Waals surface area contributed by atoms with Crippen LogP contribution in [0.3, 0.4) is 0 Å². The van der Waals surface area contributed by atoms with Crippen molar-refractivity contribution in [2.24, 2.45) is 5.73 Å². The molecule has 1 rings (SSSR count). The van der Waals surface area contributed by atoms with Crippen molar-refractivity contribution in [3.8, 4) is 0 Å². The van der Waals surface area contributed by atoms with E-state index in [0.29, 0.717) is 6.61 Å². The first-order chi connectivity index (χ1) is 5.37. The average molecular weight is 175 g/mol. The lowest BCUT2D eigenvalue weighted by Gasteiger charge is -2.28. The Morgan fingerprint density at radius 2 is 2.25 bits per heavy atom. The molecule has 1 aliphatic rings. The molecule has 1 aliphatic heterocycles. The van der Waals surface area contributed by atoms with Gasteiger partial charge in [0.25, 0.3) is 0 Å². The molecule has 1 fully saturated rings. The van der Waals surface area contributed by atoms with Crippen LogP contribution in [0.5, 0.6) is 0 Å². The van der Waals surface area contributed by atoms with E-state index in [2.05, 4.69) is 0 Å². The smallest absolute Gasteiger partial charge is 0.163 e. The quantitative estimate of drug-likeness (QED) is 0.612. The number of hydrogen-bond acceptors (Lipinski definition) is 4. The summed E-state index contributed by atoms with van der Waals surface area (Å²) >= 11 is 0. The van der Waals surface area contributed by atoms with Gasteiger partial charge in [-0.1, -0.05) is 0 Å². The molecule has 0 saturated carbocycles. The Kier molecular flexibility index (Phi) is 2.45. The van der Waals surface area contributed by atoms with Gasteiger partial charge < -0.3 is 20.3 Å². The van der Waals surface area contributed by atoms with Crippen LogP contribution in [0, 0.1) is 0 Å². The van der Waals surface area contributed by atoms with Gasteiger partial charge in [0.05, 0.1) is 6.61 Å². The van der Waals surface area contributed by atoms with Gasteiger partial charge >= 0.3 is 0 Å². The van der Waals surface area contributed by atoms with Crippen LogP contribution in [0.25, 0.3) is 0 Å². The van der Waals surface area contributed by atoms with Crippen LogP contribution < -0.4 is 5.73 Å². The summed E-state index contributed by atoms with van der Waals surface area (Å²) in [6, 6.07) is 0. The van der Waals surface area contributed by atoms with Crippen LogP contribution in [-0.4, -0.2) is 35.8 Å². The van der Waals surface area contributed by atoms with Crippen LogP contribution >= 0.6 is 0 Å². The molecule has 1 heterocycles. The second kappa shape index (κ2) is 2.96. The fraction of sp³-hybridized carbons (Fsp3) is 1.00. The lowest BCUT2D eigenvalue weighted by molar-refractivity contribution is -0.164. The molecule has 0 bridgehead atoms. The first-order valence-corrected chi connectivity index (χ1v) is 4.11. The van der Waals surface area contributed by atoms with Gasteiger partial charge in [0, 0.05) is 6.54 Å². The predicted molar refractivity (Wildman–Crippen MR) is 44.6 cm³/mol. The van der Waals surface area contributed by atoms with Crippen molar-refractivity contribution >= 4 is 0 Å². The summed E-state index contributed by atoms with van der Waals surface area (Å²) in [4.78, 5) is 0. The first-order valence-electron chi connectivity index (χ1n) is 4.11. The highest BCUT2D eigenvalue weighted by Gasteiger charge is 2.42. The lowest BCUT2D eigenvalue weighted by atomic mass is 10.0. The minimum atomic E-state index is -0.992. The Labute approximate surface area is 72.6 Å². The molecule has 0 amide bonds. The second-order valence-corrected chi connectivity index (χ2v) is 3.88. The number of nitrogens with two attached hydrogens (primary N) is 1. The van der Waals surface area contributed by atoms with Gasteiger partial charge in [0.1, 0.15) is 11.7 Å². The van der Waals surface area contributed by atoms with E-state index in [4.69, 9.17) is 15.2 Å². The Bertz CT molecular complexity index is 168. The zero-order valence-corrected chi connectivity index (χ0v) is 7.83. The molecule has 72 valence electrons. The number of aliphatic hydroxyl groups is 1. The maximum absolute atomic E-state index is 9.73. The van der Waals surface area contributed by atoms with E-state index < -0.39 is 11.4 Å². The lowest BCUT2D eigenvalue weighted by Crippen LogP contribution is -2.47. The van der Waals surface area contributed by atoms with Gasteiger partial charge in [0.2, 0.25) is 0 Å². The van der Waals surface area contributed by atoms with E-state index in [9.17, 15) is 5.11 Å². The third-order valence-electron chi connectivity index (χ3n) is 2.12. The largest absolute Gasteiger partial charge is 0.386 e. The molecule has 0 spiro atoms. The number of ether oxygens (including phenoxy) is 2. The molecule has 4 nitrogen and oxygen atoms in total. The van der Waals surface area contributed by atoms with Gasteiger partial charge in [-0.15, -0.1) is 0 Å². The molecule has 2 atom stereocenters. The molecule has 0 aromatic rings. The van der Waals surface area contributed by atoms with Crippen molar-refractivity contribution in [3.05, 3.63) is 0 Å². The van der Waals surface area contributed by atoms with Crippen molar-refractivity contribution in [2.75, 3.05) is 13.2 Å². The highest BCUT2D eigenvalue weighted by Crippen LogP contribution is 2.28. The molecule has 3 N–H and O–H groups in total. The maximum atomic E-state index is 9.73. The van der Waals surface area contributed by atoms with Gasteiger partial charge in [-0.2, -0.15) is 0 Å². The summed E-state index contributed by atoms with van der Waals surface area (Å²) in [6.07, 6.45) is -0.322. The van der Waals surface area contributed by atoms with E-state index in [1.807, 2.05) is 13.8 Å². The van der Waals surface area contributed by atoms with E-state index in [-0.39, 0.29) is 12.6 Å². The van der Waals surface area contributed by atoms with E-state index >= 15 is 0 Å². The third kappa shape index (κ3) is 1.95.